The fourth-order valence-corrected chi connectivity index (χ4v) is 12.3. The van der Waals surface area contributed by atoms with Crippen LogP contribution in [0.15, 0.2) is 84.9 Å². The largest absolute Gasteiger partial charge is 0.466 e. The summed E-state index contributed by atoms with van der Waals surface area (Å²) in [6, 6.07) is 26.2. The van der Waals surface area contributed by atoms with E-state index < -0.39 is 178 Å². The van der Waals surface area contributed by atoms with Crippen LogP contribution in [0.1, 0.15) is 254 Å². The van der Waals surface area contributed by atoms with Gasteiger partial charge in [0.15, 0.2) is 24.4 Å². The van der Waals surface area contributed by atoms with Gasteiger partial charge in [0.25, 0.3) is 0 Å². The normalized spacial score (nSPS) is 19.9. The lowest BCUT2D eigenvalue weighted by molar-refractivity contribution is -0.293. The number of carbonyl (C=O) groups is 10. The summed E-state index contributed by atoms with van der Waals surface area (Å²) < 4.78 is 93.5. The van der Waals surface area contributed by atoms with Crippen molar-refractivity contribution >= 4 is 59.7 Å². The summed E-state index contributed by atoms with van der Waals surface area (Å²) >= 11 is 0. The second-order valence-corrected chi connectivity index (χ2v) is 39.7. The molecule has 10 atom stereocenters. The maximum Gasteiger partial charge on any atom is 0.311 e. The summed E-state index contributed by atoms with van der Waals surface area (Å²) in [7, 11) is 0. The molecular formula is C96H138O25. The van der Waals surface area contributed by atoms with Crippen LogP contribution in [0.2, 0.25) is 0 Å². The van der Waals surface area contributed by atoms with Gasteiger partial charge in [-0.3, -0.25) is 47.9 Å². The molecule has 2 fully saturated rings. The van der Waals surface area contributed by atoms with Crippen LogP contribution in [-0.2, 0) is 135 Å². The van der Waals surface area contributed by atoms with Gasteiger partial charge in [-0.15, -0.1) is 0 Å². The highest BCUT2D eigenvalue weighted by molar-refractivity contribution is 5.82. The van der Waals surface area contributed by atoms with Gasteiger partial charge in [-0.1, -0.05) is 86.3 Å². The van der Waals surface area contributed by atoms with Crippen molar-refractivity contribution in [1.29, 1.82) is 0 Å². The molecule has 0 amide bonds. The SMILES string of the molecule is CCOC(=O)Cc1cccc(-c2cc(CCCCCCOCCCCCCc3ccc(O[C@@H]4O[C@H](COC(=O)C(C)(C)C)[C@@H](OC(=O)C(C)(C)C)[C@H](OC(=O)C(C)(C)C)[C@@H]4OC(=O)C(C)(C)C)c(-c4cccc(CC(=O)OCC)c4)c3)ccc2O[C@@H]2O[C@H](COC(=O)C(C)(C)C)[C@@H](OC(=O)C(C)(C)C)[C@H](OC(=O)C(C)(C)C)[C@@H]2OC(=O)C(C)(C)C)c1. The zero-order valence-electron chi connectivity index (χ0n) is 76.8. The number of benzene rings is 4. The van der Waals surface area contributed by atoms with Crippen molar-refractivity contribution in [2.45, 2.75) is 318 Å². The minimum atomic E-state index is -1.57. The minimum Gasteiger partial charge on any atom is -0.466 e. The molecule has 0 bridgehead atoms. The Bertz CT molecular complexity index is 3890. The summed E-state index contributed by atoms with van der Waals surface area (Å²) in [5.74, 6) is -5.65. The van der Waals surface area contributed by atoms with Crippen LogP contribution >= 0.6 is 0 Å². The molecule has 0 unspecified atom stereocenters. The number of rotatable bonds is 36. The highest BCUT2D eigenvalue weighted by Gasteiger charge is 2.58. The predicted octanol–water partition coefficient (Wildman–Crippen LogP) is 17.3. The van der Waals surface area contributed by atoms with E-state index in [1.165, 1.54) is 0 Å². The van der Waals surface area contributed by atoms with E-state index in [-0.39, 0.29) is 37.6 Å². The number of esters is 10. The quantitative estimate of drug-likeness (QED) is 0.0232. The van der Waals surface area contributed by atoms with E-state index in [2.05, 4.69) is 0 Å². The first-order chi connectivity index (χ1) is 56.1. The van der Waals surface area contributed by atoms with Crippen molar-refractivity contribution in [1.82, 2.24) is 0 Å². The molecule has 4 aromatic rings. The van der Waals surface area contributed by atoms with Gasteiger partial charge in [0.1, 0.15) is 36.9 Å². The Kier molecular flexibility index (Phi) is 36.2. The lowest BCUT2D eigenvalue weighted by Crippen LogP contribution is -2.65. The van der Waals surface area contributed by atoms with E-state index in [0.29, 0.717) is 59.4 Å². The zero-order chi connectivity index (χ0) is 90.6. The van der Waals surface area contributed by atoms with Crippen LogP contribution in [0.3, 0.4) is 0 Å². The second-order valence-electron chi connectivity index (χ2n) is 39.7. The van der Waals surface area contributed by atoms with Crippen molar-refractivity contribution in [2.24, 2.45) is 43.3 Å². The fourth-order valence-electron chi connectivity index (χ4n) is 12.3. The molecule has 2 heterocycles. The van der Waals surface area contributed by atoms with Crippen molar-refractivity contribution in [2.75, 3.05) is 39.6 Å². The standard InChI is InChI=1S/C96H138O25/c1-27-108-71(97)55-61-41-37-43-63(51-61)65-53-59(45-47-67(65)112-79-77(120-87(105)95(21,22)23)75(118-85(103)93(15,16)17)73(116-83(101)91(9,10)11)69(114-79)57-110-81(99)89(3,4)5)39-33-29-31-35-49-107-50-36-32-30-34-40-60-46-48-68(66(54-60)64-44-38-42-62(52-64)56-72(98)109-28-2)113-80-78(121-88(106)96(24,25)26)76(119-86(104)94(18,19)20)74(117-84(102)92(12,13)14)70(115-80)58-111-82(100)90(6,7)8/h37-38,41-48,51-54,69-70,73-80H,27-36,39-40,49-50,55-58H2,1-26H3/t69-,70-,73-,74-,75+,76+,77+,78+,79-,80-/m1/s1. The fraction of sp³-hybridized carbons (Fsp3) is 0.646. The molecule has 0 aromatic heterocycles. The smallest absolute Gasteiger partial charge is 0.311 e. The van der Waals surface area contributed by atoms with Gasteiger partial charge in [-0.2, -0.15) is 0 Å². The van der Waals surface area contributed by atoms with Crippen LogP contribution in [-0.4, -0.2) is 161 Å². The molecule has 0 saturated carbocycles. The Labute approximate surface area is 717 Å². The van der Waals surface area contributed by atoms with Crippen LogP contribution in [0.5, 0.6) is 11.5 Å². The molecular weight excluding hydrogens is 1550 g/mol. The summed E-state index contributed by atoms with van der Waals surface area (Å²) in [4.78, 5) is 137. The third kappa shape index (κ3) is 31.4. The average Bonchev–Trinajstić information content (AvgIpc) is 0.768. The molecule has 2 aliphatic rings. The molecule has 0 N–H and O–H groups in total. The summed E-state index contributed by atoms with van der Waals surface area (Å²) in [5, 5.41) is 0. The molecule has 0 radical (unpaired) electrons. The van der Waals surface area contributed by atoms with Crippen LogP contribution in [0, 0.1) is 43.3 Å². The second kappa shape index (κ2) is 43.4. The Hall–Kier alpha value is -8.94. The molecule has 4 aromatic carbocycles. The number of aryl methyl sites for hydroxylation is 2. The number of hydrogen-bond donors (Lipinski definition) is 0. The van der Waals surface area contributed by atoms with Gasteiger partial charge in [-0.25, -0.2) is 0 Å². The Morgan fingerprint density at radius 1 is 0.306 bits per heavy atom. The monoisotopic (exact) mass is 1690 g/mol. The van der Waals surface area contributed by atoms with Gasteiger partial charge in [0, 0.05) is 24.3 Å². The lowest BCUT2D eigenvalue weighted by atomic mass is 9.93. The average molecular weight is 1690 g/mol. The molecule has 25 nitrogen and oxygen atoms in total. The predicted molar refractivity (Wildman–Crippen MR) is 455 cm³/mol. The molecule has 2 aliphatic heterocycles. The molecule has 0 spiro atoms. The van der Waals surface area contributed by atoms with E-state index in [0.717, 1.165) is 62.5 Å². The zero-order valence-corrected chi connectivity index (χ0v) is 76.8. The maximum atomic E-state index is 14.2. The van der Waals surface area contributed by atoms with Crippen molar-refractivity contribution in [3.05, 3.63) is 107 Å². The lowest BCUT2D eigenvalue weighted by Gasteiger charge is -2.45. The first kappa shape index (κ1) is 101. The number of carbonyl (C=O) groups excluding carboxylic acids is 10. The first-order valence-corrected chi connectivity index (χ1v) is 42.7. The minimum absolute atomic E-state index is 0.00164. The van der Waals surface area contributed by atoms with E-state index in [1.807, 2.05) is 72.8 Å². The van der Waals surface area contributed by atoms with Gasteiger partial charge in [-0.05, 0) is 276 Å². The molecule has 672 valence electrons. The first-order valence-electron chi connectivity index (χ1n) is 42.7. The molecule has 25 heteroatoms. The van der Waals surface area contributed by atoms with E-state index in [1.54, 1.807) is 192 Å². The van der Waals surface area contributed by atoms with Crippen LogP contribution in [0.4, 0.5) is 0 Å². The van der Waals surface area contributed by atoms with E-state index in [9.17, 15) is 47.9 Å². The van der Waals surface area contributed by atoms with Gasteiger partial charge in [0.05, 0.1) is 69.4 Å². The molecule has 2 saturated heterocycles. The van der Waals surface area contributed by atoms with Gasteiger partial charge in [0.2, 0.25) is 24.8 Å². The summed E-state index contributed by atoms with van der Waals surface area (Å²) in [6.07, 6.45) is -6.60. The van der Waals surface area contributed by atoms with Crippen LogP contribution in [0.25, 0.3) is 22.3 Å². The molecule has 6 rings (SSSR count). The topological polar surface area (TPSA) is 309 Å². The van der Waals surface area contributed by atoms with Crippen molar-refractivity contribution in [3.63, 3.8) is 0 Å². The summed E-state index contributed by atoms with van der Waals surface area (Å²) in [6.45, 7) is 44.1. The van der Waals surface area contributed by atoms with Crippen LogP contribution < -0.4 is 9.47 Å². The van der Waals surface area contributed by atoms with Gasteiger partial charge >= 0.3 is 59.7 Å². The third-order valence-electron chi connectivity index (χ3n) is 19.7. The Balaban J connectivity index is 1.18. The Morgan fingerprint density at radius 2 is 0.595 bits per heavy atom. The number of hydrogen-bond acceptors (Lipinski definition) is 25. The third-order valence-corrected chi connectivity index (χ3v) is 19.7. The summed E-state index contributed by atoms with van der Waals surface area (Å²) in [5.41, 5.74) is -2.61. The number of unbranched alkanes of at least 4 members (excludes halogenated alkanes) is 6. The van der Waals surface area contributed by atoms with Crippen molar-refractivity contribution in [3.8, 4) is 33.8 Å². The van der Waals surface area contributed by atoms with Gasteiger partial charge < -0.3 is 71.1 Å². The van der Waals surface area contributed by atoms with Crippen molar-refractivity contribution < 1.29 is 119 Å². The molecule has 0 aliphatic carbocycles. The van der Waals surface area contributed by atoms with E-state index in [4.69, 9.17) is 71.1 Å². The Morgan fingerprint density at radius 3 is 0.893 bits per heavy atom. The number of ether oxygens (including phenoxy) is 15. The highest BCUT2D eigenvalue weighted by Crippen LogP contribution is 2.43. The van der Waals surface area contributed by atoms with E-state index >= 15 is 0 Å². The maximum absolute atomic E-state index is 14.2. The highest BCUT2D eigenvalue weighted by atomic mass is 16.8. The molecule has 121 heavy (non-hydrogen) atoms.